The van der Waals surface area contributed by atoms with Crippen LogP contribution in [0.15, 0.2) is 42.5 Å². The number of nitrogens with one attached hydrogen (secondary N) is 1. The van der Waals surface area contributed by atoms with Crippen LogP contribution in [0.3, 0.4) is 0 Å². The zero-order valence-corrected chi connectivity index (χ0v) is 14.3. The summed E-state index contributed by atoms with van der Waals surface area (Å²) in [4.78, 5) is 0. The standard InChI is InChI=1S/C17H22NO3P/c1-13-8-7-11-16(14(13)2)18-17-10-6-5-9-15(17)12-22(19,20-3)21-4/h5-11,18H,12H2,1-4H3. The molecule has 2 aromatic carbocycles. The number of benzene rings is 2. The van der Waals surface area contributed by atoms with Crippen molar-refractivity contribution in [2.75, 3.05) is 19.5 Å². The van der Waals surface area contributed by atoms with Crippen LogP contribution in [0.1, 0.15) is 16.7 Å². The lowest BCUT2D eigenvalue weighted by Crippen LogP contribution is -2.00. The Morgan fingerprint density at radius 1 is 0.955 bits per heavy atom. The number of rotatable bonds is 6. The summed E-state index contributed by atoms with van der Waals surface area (Å²) < 4.78 is 22.5. The summed E-state index contributed by atoms with van der Waals surface area (Å²) in [7, 11) is -0.281. The molecule has 0 bridgehead atoms. The summed E-state index contributed by atoms with van der Waals surface area (Å²) >= 11 is 0. The molecule has 0 atom stereocenters. The lowest BCUT2D eigenvalue weighted by atomic mass is 10.1. The summed E-state index contributed by atoms with van der Waals surface area (Å²) in [6, 6.07) is 13.9. The van der Waals surface area contributed by atoms with Gasteiger partial charge in [0.15, 0.2) is 0 Å². The SMILES string of the molecule is COP(=O)(Cc1ccccc1Nc1cccc(C)c1C)OC. The van der Waals surface area contributed by atoms with Gasteiger partial charge in [0, 0.05) is 25.6 Å². The van der Waals surface area contributed by atoms with Gasteiger partial charge in [-0.05, 0) is 42.7 Å². The molecule has 0 aliphatic rings. The van der Waals surface area contributed by atoms with Crippen molar-refractivity contribution in [3.05, 3.63) is 59.2 Å². The third-order valence-corrected chi connectivity index (χ3v) is 5.65. The minimum Gasteiger partial charge on any atom is -0.355 e. The number of para-hydroxylation sites is 1. The van der Waals surface area contributed by atoms with Crippen LogP contribution in [0.2, 0.25) is 0 Å². The van der Waals surface area contributed by atoms with Crippen LogP contribution in [0.4, 0.5) is 11.4 Å². The topological polar surface area (TPSA) is 47.6 Å². The summed E-state index contributed by atoms with van der Waals surface area (Å²) in [6.07, 6.45) is 0.230. The second-order valence-corrected chi connectivity index (χ2v) is 7.43. The van der Waals surface area contributed by atoms with Crippen LogP contribution in [-0.4, -0.2) is 14.2 Å². The van der Waals surface area contributed by atoms with Gasteiger partial charge in [0.05, 0.1) is 6.16 Å². The normalized spacial score (nSPS) is 11.5. The molecule has 22 heavy (non-hydrogen) atoms. The summed E-state index contributed by atoms with van der Waals surface area (Å²) in [5.41, 5.74) is 5.26. The first kappa shape index (κ1) is 16.8. The van der Waals surface area contributed by atoms with Crippen LogP contribution >= 0.6 is 7.60 Å². The Labute approximate surface area is 132 Å². The lowest BCUT2D eigenvalue weighted by molar-refractivity contribution is 0.275. The average molecular weight is 319 g/mol. The van der Waals surface area contributed by atoms with Crippen molar-refractivity contribution in [2.24, 2.45) is 0 Å². The van der Waals surface area contributed by atoms with Gasteiger partial charge in [0.2, 0.25) is 0 Å². The van der Waals surface area contributed by atoms with Crippen LogP contribution < -0.4 is 5.32 Å². The van der Waals surface area contributed by atoms with E-state index in [1.165, 1.54) is 25.3 Å². The molecule has 5 heteroatoms. The number of anilines is 2. The molecule has 0 saturated heterocycles. The molecule has 0 aliphatic carbocycles. The number of hydrogen-bond donors (Lipinski definition) is 1. The molecule has 0 heterocycles. The minimum atomic E-state index is -3.10. The highest BCUT2D eigenvalue weighted by Gasteiger charge is 2.23. The van der Waals surface area contributed by atoms with Gasteiger partial charge in [-0.1, -0.05) is 30.3 Å². The van der Waals surface area contributed by atoms with Gasteiger partial charge in [-0.2, -0.15) is 0 Å². The Hall–Kier alpha value is -1.61. The van der Waals surface area contributed by atoms with E-state index >= 15 is 0 Å². The van der Waals surface area contributed by atoms with Crippen molar-refractivity contribution in [2.45, 2.75) is 20.0 Å². The molecule has 0 fully saturated rings. The van der Waals surface area contributed by atoms with E-state index in [1.54, 1.807) is 0 Å². The molecule has 0 aromatic heterocycles. The minimum absolute atomic E-state index is 0.230. The maximum atomic E-state index is 12.4. The monoisotopic (exact) mass is 319 g/mol. The van der Waals surface area contributed by atoms with E-state index in [1.807, 2.05) is 36.4 Å². The molecule has 0 spiro atoms. The first-order valence-electron chi connectivity index (χ1n) is 7.11. The van der Waals surface area contributed by atoms with Crippen LogP contribution in [0.25, 0.3) is 0 Å². The van der Waals surface area contributed by atoms with E-state index in [2.05, 4.69) is 25.2 Å². The predicted octanol–water partition coefficient (Wildman–Crippen LogP) is 5.03. The van der Waals surface area contributed by atoms with Gasteiger partial charge >= 0.3 is 7.60 Å². The van der Waals surface area contributed by atoms with E-state index in [0.717, 1.165) is 16.9 Å². The van der Waals surface area contributed by atoms with Crippen molar-refractivity contribution in [1.29, 1.82) is 0 Å². The molecule has 118 valence electrons. The van der Waals surface area contributed by atoms with Crippen molar-refractivity contribution in [3.63, 3.8) is 0 Å². The van der Waals surface area contributed by atoms with Crippen LogP contribution in [0, 0.1) is 13.8 Å². The molecule has 4 nitrogen and oxygen atoms in total. The molecule has 2 rings (SSSR count). The highest BCUT2D eigenvalue weighted by molar-refractivity contribution is 7.52. The van der Waals surface area contributed by atoms with Crippen LogP contribution in [0.5, 0.6) is 0 Å². The summed E-state index contributed by atoms with van der Waals surface area (Å²) in [5, 5.41) is 3.42. The Kier molecular flexibility index (Phi) is 5.41. The van der Waals surface area contributed by atoms with Crippen molar-refractivity contribution in [1.82, 2.24) is 0 Å². The zero-order chi connectivity index (χ0) is 16.2. The Balaban J connectivity index is 2.33. The second kappa shape index (κ2) is 7.10. The maximum absolute atomic E-state index is 12.4. The molecule has 0 saturated carbocycles. The Morgan fingerprint density at radius 3 is 2.27 bits per heavy atom. The fourth-order valence-electron chi connectivity index (χ4n) is 2.22. The molecule has 0 aliphatic heterocycles. The largest absolute Gasteiger partial charge is 0.355 e. The lowest BCUT2D eigenvalue weighted by Gasteiger charge is -2.18. The number of hydrogen-bond acceptors (Lipinski definition) is 4. The summed E-state index contributed by atoms with van der Waals surface area (Å²) in [6.45, 7) is 4.16. The maximum Gasteiger partial charge on any atom is 0.334 e. The smallest absolute Gasteiger partial charge is 0.334 e. The first-order valence-corrected chi connectivity index (χ1v) is 8.83. The molecule has 0 unspecified atom stereocenters. The molecular formula is C17H22NO3P. The molecule has 0 radical (unpaired) electrons. The Bertz CT molecular complexity index is 692. The molecule has 2 aromatic rings. The Morgan fingerprint density at radius 2 is 1.59 bits per heavy atom. The highest BCUT2D eigenvalue weighted by atomic mass is 31.2. The third-order valence-electron chi connectivity index (χ3n) is 3.81. The zero-order valence-electron chi connectivity index (χ0n) is 13.4. The van der Waals surface area contributed by atoms with Crippen molar-refractivity contribution < 1.29 is 13.6 Å². The van der Waals surface area contributed by atoms with Crippen molar-refractivity contribution >= 4 is 19.0 Å². The van der Waals surface area contributed by atoms with Gasteiger partial charge < -0.3 is 14.4 Å². The average Bonchev–Trinajstić information content (AvgIpc) is 2.53. The quantitative estimate of drug-likeness (QED) is 0.758. The third kappa shape index (κ3) is 3.77. The summed E-state index contributed by atoms with van der Waals surface area (Å²) in [5.74, 6) is 0. The predicted molar refractivity (Wildman–Crippen MR) is 91.0 cm³/mol. The van der Waals surface area contributed by atoms with Gasteiger partial charge in [0.1, 0.15) is 0 Å². The molecular weight excluding hydrogens is 297 g/mol. The van der Waals surface area contributed by atoms with Crippen molar-refractivity contribution in [3.8, 4) is 0 Å². The van der Waals surface area contributed by atoms with E-state index in [0.29, 0.717) is 0 Å². The molecule has 0 amide bonds. The second-order valence-electron chi connectivity index (χ2n) is 5.16. The fourth-order valence-corrected chi connectivity index (χ4v) is 3.32. The van der Waals surface area contributed by atoms with Gasteiger partial charge in [-0.3, -0.25) is 4.57 Å². The first-order chi connectivity index (χ1) is 10.5. The van der Waals surface area contributed by atoms with E-state index in [9.17, 15) is 4.57 Å². The van der Waals surface area contributed by atoms with E-state index in [-0.39, 0.29) is 6.16 Å². The van der Waals surface area contributed by atoms with Gasteiger partial charge in [0.25, 0.3) is 0 Å². The van der Waals surface area contributed by atoms with Gasteiger partial charge in [-0.25, -0.2) is 0 Å². The fraction of sp³-hybridized carbons (Fsp3) is 0.294. The van der Waals surface area contributed by atoms with E-state index in [4.69, 9.17) is 9.05 Å². The molecule has 1 N–H and O–H groups in total. The highest BCUT2D eigenvalue weighted by Crippen LogP contribution is 2.50. The van der Waals surface area contributed by atoms with Crippen LogP contribution in [-0.2, 0) is 19.8 Å². The van der Waals surface area contributed by atoms with E-state index < -0.39 is 7.60 Å². The van der Waals surface area contributed by atoms with Gasteiger partial charge in [-0.15, -0.1) is 0 Å². The number of aryl methyl sites for hydroxylation is 1.